The van der Waals surface area contributed by atoms with Crippen LogP contribution >= 0.6 is 0 Å². The van der Waals surface area contributed by atoms with Gasteiger partial charge in [0.25, 0.3) is 5.91 Å². The maximum Gasteiger partial charge on any atom is 0.259 e. The van der Waals surface area contributed by atoms with Crippen molar-refractivity contribution in [3.63, 3.8) is 0 Å². The first-order chi connectivity index (χ1) is 17.2. The lowest BCUT2D eigenvalue weighted by atomic mass is 10.0. The Hall–Kier alpha value is -3.90. The molecule has 0 unspecified atom stereocenters. The summed E-state index contributed by atoms with van der Waals surface area (Å²) in [6, 6.07) is 29.9. The van der Waals surface area contributed by atoms with Crippen LogP contribution in [0.25, 0.3) is 5.69 Å². The molecule has 0 atom stereocenters. The van der Waals surface area contributed by atoms with Gasteiger partial charge in [0, 0.05) is 43.5 Å². The highest BCUT2D eigenvalue weighted by Gasteiger charge is 2.31. The number of rotatable bonds is 7. The van der Waals surface area contributed by atoms with Crippen molar-refractivity contribution >= 4 is 11.7 Å². The van der Waals surface area contributed by atoms with E-state index in [1.807, 2.05) is 82.5 Å². The van der Waals surface area contributed by atoms with Crippen molar-refractivity contribution < 1.29 is 9.53 Å². The minimum atomic E-state index is -0.0347. The van der Waals surface area contributed by atoms with E-state index >= 15 is 0 Å². The van der Waals surface area contributed by atoms with Crippen molar-refractivity contribution in [3.05, 3.63) is 108 Å². The summed E-state index contributed by atoms with van der Waals surface area (Å²) in [5.74, 6) is 1.37. The number of nitrogens with zero attached hydrogens (tertiary/aromatic N) is 4. The van der Waals surface area contributed by atoms with E-state index in [1.165, 1.54) is 5.56 Å². The Kier molecular flexibility index (Phi) is 6.91. The molecule has 6 nitrogen and oxygen atoms in total. The molecule has 1 saturated heterocycles. The van der Waals surface area contributed by atoms with Crippen molar-refractivity contribution in [2.24, 2.45) is 0 Å². The van der Waals surface area contributed by atoms with Gasteiger partial charge in [-0.2, -0.15) is 0 Å². The molecule has 1 amide bonds. The first-order valence-electron chi connectivity index (χ1n) is 12.1. The highest BCUT2D eigenvalue weighted by molar-refractivity contribution is 6.06. The molecule has 2 heterocycles. The van der Waals surface area contributed by atoms with Crippen LogP contribution in [0.2, 0.25) is 0 Å². The molecule has 4 aromatic rings. The molecule has 1 aliphatic heterocycles. The number of para-hydroxylation sites is 1. The van der Waals surface area contributed by atoms with Crippen LogP contribution in [-0.2, 0) is 6.54 Å². The van der Waals surface area contributed by atoms with E-state index < -0.39 is 0 Å². The van der Waals surface area contributed by atoms with Crippen LogP contribution in [0.15, 0.2) is 97.2 Å². The second-order valence-corrected chi connectivity index (χ2v) is 8.85. The number of benzene rings is 3. The first kappa shape index (κ1) is 22.9. The Balaban J connectivity index is 1.38. The number of hydrogen-bond donors (Lipinski definition) is 0. The normalized spacial score (nSPS) is 14.5. The van der Waals surface area contributed by atoms with Gasteiger partial charge in [-0.3, -0.25) is 14.6 Å². The highest BCUT2D eigenvalue weighted by atomic mass is 16.5. The number of hydrogen-bond acceptors (Lipinski definition) is 4. The number of aromatic nitrogens is 2. The van der Waals surface area contributed by atoms with Crippen LogP contribution in [0, 0.1) is 0 Å². The zero-order valence-corrected chi connectivity index (χ0v) is 20.0. The maximum atomic E-state index is 13.8. The van der Waals surface area contributed by atoms with Gasteiger partial charge >= 0.3 is 0 Å². The lowest BCUT2D eigenvalue weighted by molar-refractivity contribution is 0.0957. The molecule has 0 spiro atoms. The van der Waals surface area contributed by atoms with Gasteiger partial charge in [-0.25, -0.2) is 4.68 Å². The Morgan fingerprint density at radius 1 is 0.914 bits per heavy atom. The van der Waals surface area contributed by atoms with E-state index in [-0.39, 0.29) is 11.9 Å². The number of piperidine rings is 1. The average molecular weight is 467 g/mol. The molecule has 0 saturated carbocycles. The number of carbonyl (C=O) groups excluding carboxylic acids is 1. The predicted molar refractivity (Wildman–Crippen MR) is 138 cm³/mol. The Morgan fingerprint density at radius 2 is 1.57 bits per heavy atom. The molecular weight excluding hydrogens is 436 g/mol. The standard InChI is InChI=1S/C29H30N4O2/c1-35-27-14-12-24(13-15-27)29(34)33(28-18-21-32(30-28)25-10-6-3-7-11-25)26-16-19-31(20-17-26)22-23-8-4-2-5-9-23/h2-15,18,21,26H,16-17,19-20,22H2,1H3. The zero-order chi connectivity index (χ0) is 24.0. The molecule has 1 aromatic heterocycles. The summed E-state index contributed by atoms with van der Waals surface area (Å²) in [7, 11) is 1.63. The molecule has 35 heavy (non-hydrogen) atoms. The van der Waals surface area contributed by atoms with Gasteiger partial charge in [-0.05, 0) is 54.8 Å². The highest BCUT2D eigenvalue weighted by Crippen LogP contribution is 2.27. The van der Waals surface area contributed by atoms with Crippen LogP contribution in [0.3, 0.4) is 0 Å². The molecule has 178 valence electrons. The van der Waals surface area contributed by atoms with E-state index in [1.54, 1.807) is 7.11 Å². The fourth-order valence-electron chi connectivity index (χ4n) is 4.67. The summed E-state index contributed by atoms with van der Waals surface area (Å²) in [5.41, 5.74) is 2.92. The summed E-state index contributed by atoms with van der Waals surface area (Å²) in [6.07, 6.45) is 3.71. The lowest BCUT2D eigenvalue weighted by Crippen LogP contribution is -2.47. The van der Waals surface area contributed by atoms with E-state index in [0.29, 0.717) is 11.4 Å². The number of likely N-dealkylation sites (tertiary alicyclic amines) is 1. The summed E-state index contributed by atoms with van der Waals surface area (Å²) in [6.45, 7) is 2.80. The van der Waals surface area contributed by atoms with Gasteiger partial charge in [0.2, 0.25) is 0 Å². The number of amides is 1. The van der Waals surface area contributed by atoms with Crippen LogP contribution in [0.5, 0.6) is 5.75 Å². The quantitative estimate of drug-likeness (QED) is 0.376. The van der Waals surface area contributed by atoms with Crippen molar-refractivity contribution in [2.45, 2.75) is 25.4 Å². The first-order valence-corrected chi connectivity index (χ1v) is 12.1. The van der Waals surface area contributed by atoms with Gasteiger partial charge in [0.1, 0.15) is 5.75 Å². The SMILES string of the molecule is COc1ccc(C(=O)N(c2ccn(-c3ccccc3)n2)C2CCN(Cc3ccccc3)CC2)cc1. The third-order valence-electron chi connectivity index (χ3n) is 6.57. The molecule has 1 aliphatic rings. The second kappa shape index (κ2) is 10.6. The zero-order valence-electron chi connectivity index (χ0n) is 20.0. The third-order valence-corrected chi connectivity index (χ3v) is 6.57. The number of ether oxygens (including phenoxy) is 1. The number of carbonyl (C=O) groups is 1. The summed E-state index contributed by atoms with van der Waals surface area (Å²) >= 11 is 0. The molecule has 6 heteroatoms. The molecule has 1 fully saturated rings. The van der Waals surface area contributed by atoms with Gasteiger partial charge in [-0.15, -0.1) is 5.10 Å². The average Bonchev–Trinajstić information content (AvgIpc) is 3.41. The number of methoxy groups -OCH3 is 1. The van der Waals surface area contributed by atoms with Gasteiger partial charge in [-0.1, -0.05) is 48.5 Å². The van der Waals surface area contributed by atoms with E-state index in [2.05, 4.69) is 29.2 Å². The predicted octanol–water partition coefficient (Wildman–Crippen LogP) is 5.19. The topological polar surface area (TPSA) is 50.6 Å². The van der Waals surface area contributed by atoms with Gasteiger partial charge < -0.3 is 4.74 Å². The molecule has 0 aliphatic carbocycles. The van der Waals surface area contributed by atoms with Crippen molar-refractivity contribution in [1.29, 1.82) is 0 Å². The Bertz CT molecular complexity index is 1230. The van der Waals surface area contributed by atoms with Crippen molar-refractivity contribution in [2.75, 3.05) is 25.1 Å². The minimum Gasteiger partial charge on any atom is -0.497 e. The smallest absolute Gasteiger partial charge is 0.259 e. The molecule has 0 radical (unpaired) electrons. The van der Waals surface area contributed by atoms with Crippen LogP contribution in [0.1, 0.15) is 28.8 Å². The maximum absolute atomic E-state index is 13.8. The van der Waals surface area contributed by atoms with E-state index in [4.69, 9.17) is 9.84 Å². The Labute approximate surface area is 206 Å². The van der Waals surface area contributed by atoms with E-state index in [9.17, 15) is 4.79 Å². The fourth-order valence-corrected chi connectivity index (χ4v) is 4.67. The molecule has 0 N–H and O–H groups in total. The van der Waals surface area contributed by atoms with Gasteiger partial charge in [0.15, 0.2) is 5.82 Å². The lowest BCUT2D eigenvalue weighted by Gasteiger charge is -2.37. The molecular formula is C29H30N4O2. The second-order valence-electron chi connectivity index (χ2n) is 8.85. The Morgan fingerprint density at radius 3 is 2.23 bits per heavy atom. The summed E-state index contributed by atoms with van der Waals surface area (Å²) in [4.78, 5) is 18.1. The largest absolute Gasteiger partial charge is 0.497 e. The molecule has 5 rings (SSSR count). The summed E-state index contributed by atoms with van der Waals surface area (Å²) < 4.78 is 7.10. The van der Waals surface area contributed by atoms with Crippen LogP contribution < -0.4 is 9.64 Å². The van der Waals surface area contributed by atoms with Crippen molar-refractivity contribution in [1.82, 2.24) is 14.7 Å². The van der Waals surface area contributed by atoms with Crippen LogP contribution in [-0.4, -0.2) is 46.8 Å². The molecule has 0 bridgehead atoms. The van der Waals surface area contributed by atoms with Crippen molar-refractivity contribution in [3.8, 4) is 11.4 Å². The summed E-state index contributed by atoms with van der Waals surface area (Å²) in [5, 5.41) is 4.81. The number of anilines is 1. The minimum absolute atomic E-state index is 0.0347. The van der Waals surface area contributed by atoms with E-state index in [0.717, 1.165) is 43.9 Å². The van der Waals surface area contributed by atoms with Crippen LogP contribution in [0.4, 0.5) is 5.82 Å². The van der Waals surface area contributed by atoms with Gasteiger partial charge in [0.05, 0.1) is 12.8 Å². The molecule has 3 aromatic carbocycles. The fraction of sp³-hybridized carbons (Fsp3) is 0.241. The monoisotopic (exact) mass is 466 g/mol. The third kappa shape index (κ3) is 5.28.